The Labute approximate surface area is 132 Å². The van der Waals surface area contributed by atoms with Gasteiger partial charge in [0, 0.05) is 17.2 Å². The molecule has 0 heterocycles. The van der Waals surface area contributed by atoms with Crippen LogP contribution in [-0.4, -0.2) is 24.4 Å². The molecule has 110 valence electrons. The quantitative estimate of drug-likeness (QED) is 0.451. The fourth-order valence-electron chi connectivity index (χ4n) is 2.07. The molecule has 0 aliphatic heterocycles. The number of rotatable bonds is 5. The highest BCUT2D eigenvalue weighted by atomic mass is 35.5. The van der Waals surface area contributed by atoms with Gasteiger partial charge < -0.3 is 12.4 Å². The highest BCUT2D eigenvalue weighted by molar-refractivity contribution is 6.04. The molecule has 2 aromatic rings. The summed E-state index contributed by atoms with van der Waals surface area (Å²) in [6.07, 6.45) is 3.61. The number of nitrogens with zero attached hydrogens (tertiary/aromatic N) is 1. The van der Waals surface area contributed by atoms with Crippen LogP contribution in [0.15, 0.2) is 72.9 Å². The SMILES string of the molecule is C[N+](C)(C=CC(=O)c1ccccc1)Cc1ccccc1.[Cl-]. The molecule has 21 heavy (non-hydrogen) atoms. The summed E-state index contributed by atoms with van der Waals surface area (Å²) in [5, 5.41) is 0. The molecule has 0 saturated carbocycles. The Morgan fingerprint density at radius 1 is 0.952 bits per heavy atom. The molecular weight excluding hydrogens is 282 g/mol. The monoisotopic (exact) mass is 301 g/mol. The lowest BCUT2D eigenvalue weighted by Crippen LogP contribution is -3.00. The average Bonchev–Trinajstić information content (AvgIpc) is 2.46. The lowest BCUT2D eigenvalue weighted by molar-refractivity contribution is -0.852. The van der Waals surface area contributed by atoms with E-state index in [0.29, 0.717) is 4.48 Å². The zero-order valence-corrected chi connectivity index (χ0v) is 13.1. The van der Waals surface area contributed by atoms with Gasteiger partial charge in [-0.25, -0.2) is 0 Å². The number of quaternary nitrogens is 1. The predicted octanol–water partition coefficient (Wildman–Crippen LogP) is 0.664. The Bertz CT molecular complexity index is 591. The maximum absolute atomic E-state index is 12.0. The van der Waals surface area contributed by atoms with E-state index in [1.165, 1.54) is 5.56 Å². The molecule has 0 atom stereocenters. The van der Waals surface area contributed by atoms with Crippen LogP contribution in [0.1, 0.15) is 15.9 Å². The number of hydrogen-bond donors (Lipinski definition) is 0. The van der Waals surface area contributed by atoms with Crippen LogP contribution in [0, 0.1) is 0 Å². The zero-order chi connectivity index (χ0) is 14.4. The van der Waals surface area contributed by atoms with Crippen molar-refractivity contribution in [2.75, 3.05) is 14.1 Å². The van der Waals surface area contributed by atoms with E-state index in [-0.39, 0.29) is 18.2 Å². The normalized spacial score (nSPS) is 11.1. The molecule has 0 radical (unpaired) electrons. The third kappa shape index (κ3) is 5.54. The van der Waals surface area contributed by atoms with Crippen LogP contribution in [0.2, 0.25) is 0 Å². The molecule has 0 bridgehead atoms. The minimum atomic E-state index is 0. The summed E-state index contributed by atoms with van der Waals surface area (Å²) < 4.78 is 0.641. The van der Waals surface area contributed by atoms with Gasteiger partial charge in [0.05, 0.1) is 20.3 Å². The third-order valence-corrected chi connectivity index (χ3v) is 3.12. The molecule has 0 unspecified atom stereocenters. The van der Waals surface area contributed by atoms with E-state index in [2.05, 4.69) is 26.2 Å². The molecule has 0 N–H and O–H groups in total. The van der Waals surface area contributed by atoms with Crippen molar-refractivity contribution >= 4 is 5.78 Å². The minimum absolute atomic E-state index is 0. The van der Waals surface area contributed by atoms with E-state index in [1.807, 2.05) is 54.7 Å². The molecule has 0 amide bonds. The van der Waals surface area contributed by atoms with Crippen molar-refractivity contribution in [2.24, 2.45) is 0 Å². The zero-order valence-electron chi connectivity index (χ0n) is 12.4. The molecule has 0 spiro atoms. The van der Waals surface area contributed by atoms with Crippen LogP contribution >= 0.6 is 0 Å². The Balaban J connectivity index is 0.00000220. The minimum Gasteiger partial charge on any atom is -1.00 e. The molecular formula is C18H20ClNO. The summed E-state index contributed by atoms with van der Waals surface area (Å²) in [5.41, 5.74) is 1.98. The first-order valence-corrected chi connectivity index (χ1v) is 6.72. The molecule has 0 aromatic heterocycles. The Kier molecular flexibility index (Phi) is 6.35. The van der Waals surface area contributed by atoms with Crippen molar-refractivity contribution < 1.29 is 21.7 Å². The first-order valence-electron chi connectivity index (χ1n) is 6.72. The van der Waals surface area contributed by atoms with E-state index in [1.54, 1.807) is 6.08 Å². The van der Waals surface area contributed by atoms with Crippen molar-refractivity contribution in [3.63, 3.8) is 0 Å². The summed E-state index contributed by atoms with van der Waals surface area (Å²) in [4.78, 5) is 12.0. The second kappa shape index (κ2) is 7.77. The maximum Gasteiger partial charge on any atom is 0.191 e. The van der Waals surface area contributed by atoms with Crippen molar-refractivity contribution in [1.82, 2.24) is 0 Å². The van der Waals surface area contributed by atoms with Gasteiger partial charge in [0.15, 0.2) is 5.78 Å². The number of hydrogen-bond acceptors (Lipinski definition) is 1. The van der Waals surface area contributed by atoms with E-state index < -0.39 is 0 Å². The van der Waals surface area contributed by atoms with Crippen molar-refractivity contribution in [3.8, 4) is 0 Å². The largest absolute Gasteiger partial charge is 1.00 e. The summed E-state index contributed by atoms with van der Waals surface area (Å²) >= 11 is 0. The van der Waals surface area contributed by atoms with Crippen molar-refractivity contribution in [2.45, 2.75) is 6.54 Å². The number of allylic oxidation sites excluding steroid dienone is 1. The van der Waals surface area contributed by atoms with Gasteiger partial charge >= 0.3 is 0 Å². The summed E-state index contributed by atoms with van der Waals surface area (Å²) in [6.45, 7) is 0.861. The Morgan fingerprint density at radius 2 is 1.48 bits per heavy atom. The number of ketones is 1. The van der Waals surface area contributed by atoms with Gasteiger partial charge in [-0.2, -0.15) is 0 Å². The maximum atomic E-state index is 12.0. The van der Waals surface area contributed by atoms with Crippen LogP contribution in [0.4, 0.5) is 0 Å². The Hall–Kier alpha value is -1.90. The fraction of sp³-hybridized carbons (Fsp3) is 0.167. The van der Waals surface area contributed by atoms with E-state index in [4.69, 9.17) is 0 Å². The summed E-state index contributed by atoms with van der Waals surface area (Å²) in [5.74, 6) is 0.0462. The van der Waals surface area contributed by atoms with Gasteiger partial charge in [0.25, 0.3) is 0 Å². The highest BCUT2D eigenvalue weighted by Gasteiger charge is 2.13. The van der Waals surface area contributed by atoms with Gasteiger partial charge in [-0.15, -0.1) is 0 Å². The van der Waals surface area contributed by atoms with Crippen LogP contribution in [0.5, 0.6) is 0 Å². The first-order chi connectivity index (χ1) is 9.57. The van der Waals surface area contributed by atoms with Gasteiger partial charge in [0.2, 0.25) is 0 Å². The van der Waals surface area contributed by atoms with Gasteiger partial charge in [-0.05, 0) is 0 Å². The van der Waals surface area contributed by atoms with E-state index in [9.17, 15) is 4.79 Å². The lowest BCUT2D eigenvalue weighted by Gasteiger charge is -2.24. The Morgan fingerprint density at radius 3 is 2.05 bits per heavy atom. The van der Waals surface area contributed by atoms with E-state index >= 15 is 0 Å². The van der Waals surface area contributed by atoms with Crippen molar-refractivity contribution in [1.29, 1.82) is 0 Å². The molecule has 2 rings (SSSR count). The van der Waals surface area contributed by atoms with Gasteiger partial charge in [-0.3, -0.25) is 9.28 Å². The van der Waals surface area contributed by atoms with E-state index in [0.717, 1.165) is 12.1 Å². The topological polar surface area (TPSA) is 17.1 Å². The second-order valence-electron chi connectivity index (χ2n) is 5.47. The van der Waals surface area contributed by atoms with Gasteiger partial charge in [-0.1, -0.05) is 60.7 Å². The number of benzene rings is 2. The second-order valence-corrected chi connectivity index (χ2v) is 5.47. The molecule has 2 nitrogen and oxygen atoms in total. The molecule has 0 fully saturated rings. The standard InChI is InChI=1S/C18H20NO.ClH/c1-19(2,15-16-9-5-3-6-10-16)14-13-18(20)17-11-7-4-8-12-17;/h3-14H,15H2,1-2H3;1H/q+1;/p-1. The molecule has 0 saturated heterocycles. The van der Waals surface area contributed by atoms with Crippen LogP contribution in [-0.2, 0) is 6.54 Å². The summed E-state index contributed by atoms with van der Waals surface area (Å²) in [7, 11) is 4.17. The average molecular weight is 302 g/mol. The van der Waals surface area contributed by atoms with Gasteiger partial charge in [0.1, 0.15) is 6.54 Å². The van der Waals surface area contributed by atoms with Crippen LogP contribution < -0.4 is 12.4 Å². The number of carbonyl (C=O) groups is 1. The van der Waals surface area contributed by atoms with Crippen LogP contribution in [0.25, 0.3) is 0 Å². The molecule has 3 heteroatoms. The molecule has 0 aliphatic carbocycles. The number of halogens is 1. The first kappa shape index (κ1) is 17.2. The summed E-state index contributed by atoms with van der Waals surface area (Å²) in [6, 6.07) is 19.6. The fourth-order valence-corrected chi connectivity index (χ4v) is 2.07. The van der Waals surface area contributed by atoms with Crippen LogP contribution in [0.3, 0.4) is 0 Å². The molecule has 2 aromatic carbocycles. The smallest absolute Gasteiger partial charge is 0.191 e. The predicted molar refractivity (Wildman–Crippen MR) is 82.2 cm³/mol. The molecule has 0 aliphatic rings. The third-order valence-electron chi connectivity index (χ3n) is 3.12. The highest BCUT2D eigenvalue weighted by Crippen LogP contribution is 2.10. The lowest BCUT2D eigenvalue weighted by atomic mass is 10.1. The van der Waals surface area contributed by atoms with Crippen molar-refractivity contribution in [3.05, 3.63) is 84.1 Å². The number of carbonyl (C=O) groups excluding carboxylic acids is 1.